The first-order valence-electron chi connectivity index (χ1n) is 9.75. The zero-order chi connectivity index (χ0) is 18.2. The van der Waals surface area contributed by atoms with Gasteiger partial charge in [0.2, 0.25) is 5.91 Å². The Morgan fingerprint density at radius 3 is 2.48 bits per heavy atom. The Morgan fingerprint density at radius 2 is 1.85 bits per heavy atom. The van der Waals surface area contributed by atoms with Crippen molar-refractivity contribution in [1.82, 2.24) is 20.1 Å². The second-order valence-corrected chi connectivity index (χ2v) is 6.74. The van der Waals surface area contributed by atoms with Crippen molar-refractivity contribution in [2.45, 2.75) is 26.2 Å². The summed E-state index contributed by atoms with van der Waals surface area (Å²) < 4.78 is 0. The van der Waals surface area contributed by atoms with Crippen molar-refractivity contribution < 1.29 is 4.79 Å². The quantitative estimate of drug-likeness (QED) is 0.391. The Hall–Kier alpha value is -1.58. The average Bonchev–Trinajstić information content (AvgIpc) is 3.23. The SMILES string of the molecule is CCNC(=NCCC(=O)N1CCN(c2ccccn2)CC1)N1CCCC1.I. The Kier molecular flexibility index (Phi) is 9.09. The maximum Gasteiger partial charge on any atom is 0.224 e. The van der Waals surface area contributed by atoms with Gasteiger partial charge in [-0.15, -0.1) is 24.0 Å². The molecule has 0 aliphatic carbocycles. The van der Waals surface area contributed by atoms with Crippen LogP contribution in [0, 0.1) is 0 Å². The first kappa shape index (κ1) is 21.7. The van der Waals surface area contributed by atoms with Crippen LogP contribution in [-0.4, -0.2) is 79.0 Å². The number of piperazine rings is 1. The summed E-state index contributed by atoms with van der Waals surface area (Å²) in [4.78, 5) is 28.0. The lowest BCUT2D eigenvalue weighted by Gasteiger charge is -2.35. The van der Waals surface area contributed by atoms with Crippen LogP contribution >= 0.6 is 24.0 Å². The monoisotopic (exact) mass is 486 g/mol. The number of aliphatic imine (C=N–C) groups is 1. The lowest BCUT2D eigenvalue weighted by molar-refractivity contribution is -0.131. The minimum atomic E-state index is 0. The highest BCUT2D eigenvalue weighted by Crippen LogP contribution is 2.13. The predicted octanol–water partition coefficient (Wildman–Crippen LogP) is 1.80. The molecule has 2 aliphatic rings. The maximum atomic E-state index is 12.5. The van der Waals surface area contributed by atoms with Crippen LogP contribution in [0.4, 0.5) is 5.82 Å². The van der Waals surface area contributed by atoms with Gasteiger partial charge in [-0.05, 0) is 31.9 Å². The maximum absolute atomic E-state index is 12.5. The highest BCUT2D eigenvalue weighted by atomic mass is 127. The number of guanidine groups is 1. The van der Waals surface area contributed by atoms with Gasteiger partial charge >= 0.3 is 0 Å². The standard InChI is InChI=1S/C19H30N6O.HI/c1-2-20-19(25-11-5-6-12-25)22-10-8-18(26)24-15-13-23(14-16-24)17-7-3-4-9-21-17;/h3-4,7,9H,2,5-6,8,10-16H2,1H3,(H,20,22);1H. The molecule has 7 nitrogen and oxygen atoms in total. The number of anilines is 1. The number of rotatable bonds is 5. The molecule has 0 unspecified atom stereocenters. The fourth-order valence-corrected chi connectivity index (χ4v) is 3.50. The molecular formula is C19H31IN6O. The van der Waals surface area contributed by atoms with E-state index in [1.54, 1.807) is 0 Å². The van der Waals surface area contributed by atoms with Gasteiger partial charge in [0.1, 0.15) is 5.82 Å². The van der Waals surface area contributed by atoms with Crippen molar-refractivity contribution in [1.29, 1.82) is 0 Å². The number of aromatic nitrogens is 1. The number of hydrogen-bond donors (Lipinski definition) is 1. The van der Waals surface area contributed by atoms with Crippen molar-refractivity contribution in [3.63, 3.8) is 0 Å². The molecule has 2 saturated heterocycles. The zero-order valence-corrected chi connectivity index (χ0v) is 18.5. The molecule has 150 valence electrons. The predicted molar refractivity (Wildman–Crippen MR) is 120 cm³/mol. The van der Waals surface area contributed by atoms with Gasteiger partial charge in [-0.1, -0.05) is 6.07 Å². The van der Waals surface area contributed by atoms with Crippen LogP contribution in [0.15, 0.2) is 29.4 Å². The molecule has 27 heavy (non-hydrogen) atoms. The summed E-state index contributed by atoms with van der Waals surface area (Å²) in [5.41, 5.74) is 0. The van der Waals surface area contributed by atoms with Gasteiger partial charge in [0.05, 0.1) is 6.54 Å². The van der Waals surface area contributed by atoms with Gasteiger partial charge in [0, 0.05) is 58.4 Å². The van der Waals surface area contributed by atoms with E-state index in [9.17, 15) is 4.79 Å². The van der Waals surface area contributed by atoms with Crippen molar-refractivity contribution in [2.24, 2.45) is 4.99 Å². The third-order valence-corrected chi connectivity index (χ3v) is 4.93. The van der Waals surface area contributed by atoms with Gasteiger partial charge in [-0.3, -0.25) is 9.79 Å². The molecule has 0 saturated carbocycles. The Labute approximate surface area is 179 Å². The fraction of sp³-hybridized carbons (Fsp3) is 0.632. The van der Waals surface area contributed by atoms with E-state index in [0.717, 1.165) is 57.6 Å². The van der Waals surface area contributed by atoms with E-state index in [4.69, 9.17) is 0 Å². The second kappa shape index (κ2) is 11.3. The van der Waals surface area contributed by atoms with Crippen molar-refractivity contribution in [3.8, 4) is 0 Å². The number of nitrogens with one attached hydrogen (secondary N) is 1. The first-order valence-corrected chi connectivity index (χ1v) is 9.75. The molecule has 1 aromatic rings. The number of likely N-dealkylation sites (tertiary alicyclic amines) is 1. The number of nitrogens with zero attached hydrogens (tertiary/aromatic N) is 5. The highest BCUT2D eigenvalue weighted by molar-refractivity contribution is 14.0. The van der Waals surface area contributed by atoms with Crippen LogP contribution in [-0.2, 0) is 4.79 Å². The number of carbonyl (C=O) groups is 1. The summed E-state index contributed by atoms with van der Waals surface area (Å²) in [6, 6.07) is 5.95. The lowest BCUT2D eigenvalue weighted by atomic mass is 10.2. The van der Waals surface area contributed by atoms with Crippen LogP contribution in [0.25, 0.3) is 0 Å². The summed E-state index contributed by atoms with van der Waals surface area (Å²) in [6.07, 6.45) is 4.74. The van der Waals surface area contributed by atoms with E-state index in [-0.39, 0.29) is 29.9 Å². The number of pyridine rings is 1. The molecule has 1 aromatic heterocycles. The van der Waals surface area contributed by atoms with Gasteiger partial charge in [0.15, 0.2) is 5.96 Å². The minimum absolute atomic E-state index is 0. The summed E-state index contributed by atoms with van der Waals surface area (Å²) in [6.45, 7) is 8.81. The van der Waals surface area contributed by atoms with Crippen molar-refractivity contribution in [2.75, 3.05) is 57.3 Å². The summed E-state index contributed by atoms with van der Waals surface area (Å²) >= 11 is 0. The van der Waals surface area contributed by atoms with Crippen LogP contribution in [0.5, 0.6) is 0 Å². The molecule has 8 heteroatoms. The van der Waals surface area contributed by atoms with E-state index in [1.807, 2.05) is 29.3 Å². The number of halogens is 1. The second-order valence-electron chi connectivity index (χ2n) is 6.74. The molecule has 0 aromatic carbocycles. The van der Waals surface area contributed by atoms with Crippen LogP contribution in [0.3, 0.4) is 0 Å². The summed E-state index contributed by atoms with van der Waals surface area (Å²) in [5, 5.41) is 3.34. The normalized spacial score (nSPS) is 17.7. The van der Waals surface area contributed by atoms with Crippen molar-refractivity contribution >= 4 is 41.7 Å². The highest BCUT2D eigenvalue weighted by Gasteiger charge is 2.21. The summed E-state index contributed by atoms with van der Waals surface area (Å²) in [7, 11) is 0. The molecule has 3 heterocycles. The largest absolute Gasteiger partial charge is 0.357 e. The molecule has 1 N–H and O–H groups in total. The first-order chi connectivity index (χ1) is 12.8. The van der Waals surface area contributed by atoms with E-state index in [0.29, 0.717) is 13.0 Å². The van der Waals surface area contributed by atoms with E-state index in [2.05, 4.69) is 32.0 Å². The van der Waals surface area contributed by atoms with Gasteiger partial charge in [0.25, 0.3) is 0 Å². The van der Waals surface area contributed by atoms with E-state index < -0.39 is 0 Å². The van der Waals surface area contributed by atoms with E-state index >= 15 is 0 Å². The average molecular weight is 486 g/mol. The van der Waals surface area contributed by atoms with Crippen molar-refractivity contribution in [3.05, 3.63) is 24.4 Å². The zero-order valence-electron chi connectivity index (χ0n) is 16.1. The van der Waals surface area contributed by atoms with E-state index in [1.165, 1.54) is 12.8 Å². The Bertz CT molecular complexity index is 597. The molecule has 1 amide bonds. The molecule has 0 atom stereocenters. The molecular weight excluding hydrogens is 455 g/mol. The Morgan fingerprint density at radius 1 is 1.11 bits per heavy atom. The molecule has 2 aliphatic heterocycles. The third-order valence-electron chi connectivity index (χ3n) is 4.93. The number of amides is 1. The fourth-order valence-electron chi connectivity index (χ4n) is 3.50. The smallest absolute Gasteiger partial charge is 0.224 e. The van der Waals surface area contributed by atoms with Gasteiger partial charge in [-0.2, -0.15) is 0 Å². The molecule has 2 fully saturated rings. The number of carbonyl (C=O) groups excluding carboxylic acids is 1. The molecule has 3 rings (SSSR count). The van der Waals surface area contributed by atoms with Crippen LogP contribution in [0.2, 0.25) is 0 Å². The van der Waals surface area contributed by atoms with Crippen LogP contribution < -0.4 is 10.2 Å². The van der Waals surface area contributed by atoms with Gasteiger partial charge in [-0.25, -0.2) is 4.98 Å². The third kappa shape index (κ3) is 6.22. The lowest BCUT2D eigenvalue weighted by Crippen LogP contribution is -2.49. The topological polar surface area (TPSA) is 64.1 Å². The summed E-state index contributed by atoms with van der Waals surface area (Å²) in [5.74, 6) is 2.15. The molecule has 0 spiro atoms. The van der Waals surface area contributed by atoms with Crippen LogP contribution in [0.1, 0.15) is 26.2 Å². The minimum Gasteiger partial charge on any atom is -0.357 e. The Balaban J connectivity index is 0.00000261. The van der Waals surface area contributed by atoms with Gasteiger partial charge < -0.3 is 20.0 Å². The molecule has 0 radical (unpaired) electrons. The number of hydrogen-bond acceptors (Lipinski definition) is 4. The molecule has 0 bridgehead atoms.